The molecule has 1 fully saturated rings. The van der Waals surface area contributed by atoms with Gasteiger partial charge < -0.3 is 9.47 Å². The molecule has 98 valence electrons. The molecule has 1 aliphatic heterocycles. The zero-order valence-corrected chi connectivity index (χ0v) is 9.37. The molecule has 18 heavy (non-hydrogen) atoms. The van der Waals surface area contributed by atoms with E-state index in [-0.39, 0.29) is 18.1 Å². The molecule has 0 spiro atoms. The van der Waals surface area contributed by atoms with Crippen LogP contribution in [0.1, 0.15) is 17.9 Å². The first-order valence-electron chi connectivity index (χ1n) is 5.42. The number of hydrogen-bond acceptors (Lipinski definition) is 3. The highest BCUT2D eigenvalue weighted by molar-refractivity contribution is 5.86. The Morgan fingerprint density at radius 2 is 1.89 bits per heavy atom. The van der Waals surface area contributed by atoms with Gasteiger partial charge in [-0.2, -0.15) is 0 Å². The fourth-order valence-electron chi connectivity index (χ4n) is 1.83. The predicted molar refractivity (Wildman–Crippen MR) is 56.3 cm³/mol. The zero-order valence-electron chi connectivity index (χ0n) is 9.37. The molecule has 0 aromatic heterocycles. The quantitative estimate of drug-likeness (QED) is 0.820. The first-order chi connectivity index (χ1) is 8.46. The van der Waals surface area contributed by atoms with E-state index in [4.69, 9.17) is 4.74 Å². The van der Waals surface area contributed by atoms with Gasteiger partial charge in [0.05, 0.1) is 19.1 Å². The molecule has 0 saturated carbocycles. The molecule has 6 heteroatoms. The normalized spacial score (nSPS) is 20.8. The Bertz CT molecular complexity index is 425. The molecule has 1 aromatic carbocycles. The number of ketones is 1. The van der Waals surface area contributed by atoms with Crippen molar-refractivity contribution in [2.45, 2.75) is 18.7 Å². The summed E-state index contributed by atoms with van der Waals surface area (Å²) in [5, 5.41) is 0. The van der Waals surface area contributed by atoms with E-state index in [1.165, 1.54) is 24.3 Å². The van der Waals surface area contributed by atoms with Crippen LogP contribution in [0.4, 0.5) is 13.2 Å². The molecule has 0 N–H and O–H groups in total. The van der Waals surface area contributed by atoms with Crippen molar-refractivity contribution >= 4 is 5.78 Å². The third kappa shape index (κ3) is 3.22. The van der Waals surface area contributed by atoms with E-state index < -0.39 is 12.3 Å². The summed E-state index contributed by atoms with van der Waals surface area (Å²) in [6.45, 7) is 0.683. The maximum Gasteiger partial charge on any atom is 0.573 e. The molecule has 1 heterocycles. The molecule has 0 amide bonds. The first kappa shape index (κ1) is 12.9. The van der Waals surface area contributed by atoms with E-state index in [0.717, 1.165) is 0 Å². The van der Waals surface area contributed by atoms with Crippen LogP contribution in [0.25, 0.3) is 0 Å². The van der Waals surface area contributed by atoms with Crippen molar-refractivity contribution in [2.75, 3.05) is 13.2 Å². The standard InChI is InChI=1S/C12H11F3O3/c13-12(14,15)18-9-3-1-8(2-4-9)10-7-17-6-5-11(10)16/h1-4,10H,5-7H2. The molecule has 1 aliphatic rings. The molecule has 0 radical (unpaired) electrons. The van der Waals surface area contributed by atoms with Crippen LogP contribution in [-0.4, -0.2) is 25.4 Å². The van der Waals surface area contributed by atoms with Gasteiger partial charge in [-0.05, 0) is 17.7 Å². The van der Waals surface area contributed by atoms with Crippen LogP contribution in [0.2, 0.25) is 0 Å². The molecule has 1 unspecified atom stereocenters. The van der Waals surface area contributed by atoms with Gasteiger partial charge in [-0.25, -0.2) is 0 Å². The number of ether oxygens (including phenoxy) is 2. The van der Waals surface area contributed by atoms with Crippen LogP contribution in [0.3, 0.4) is 0 Å². The summed E-state index contributed by atoms with van der Waals surface area (Å²) in [7, 11) is 0. The second-order valence-electron chi connectivity index (χ2n) is 3.96. The summed E-state index contributed by atoms with van der Waals surface area (Å²) in [5.41, 5.74) is 0.647. The number of Topliss-reactive ketones (excluding diaryl/α,β-unsaturated/α-hetero) is 1. The van der Waals surface area contributed by atoms with Crippen molar-refractivity contribution in [3.05, 3.63) is 29.8 Å². The van der Waals surface area contributed by atoms with Crippen LogP contribution in [0.5, 0.6) is 5.75 Å². The topological polar surface area (TPSA) is 35.5 Å². The summed E-state index contributed by atoms with van der Waals surface area (Å²) in [4.78, 5) is 11.6. The minimum absolute atomic E-state index is 0.0470. The summed E-state index contributed by atoms with van der Waals surface area (Å²) >= 11 is 0. The van der Waals surface area contributed by atoms with Gasteiger partial charge in [0.2, 0.25) is 0 Å². The van der Waals surface area contributed by atoms with Gasteiger partial charge in [0.25, 0.3) is 0 Å². The van der Waals surface area contributed by atoms with Gasteiger partial charge in [0.15, 0.2) is 0 Å². The molecule has 1 atom stereocenters. The van der Waals surface area contributed by atoms with Gasteiger partial charge in [-0.1, -0.05) is 12.1 Å². The highest BCUT2D eigenvalue weighted by Crippen LogP contribution is 2.27. The summed E-state index contributed by atoms with van der Waals surface area (Å²) < 4.78 is 44.8. The molecule has 0 aliphatic carbocycles. The highest BCUT2D eigenvalue weighted by Gasteiger charge is 2.31. The molecule has 3 nitrogen and oxygen atoms in total. The lowest BCUT2D eigenvalue weighted by molar-refractivity contribution is -0.274. The minimum atomic E-state index is -4.70. The molecule has 1 saturated heterocycles. The van der Waals surface area contributed by atoms with Crippen molar-refractivity contribution < 1.29 is 27.4 Å². The van der Waals surface area contributed by atoms with Crippen LogP contribution in [0.15, 0.2) is 24.3 Å². The summed E-state index contributed by atoms with van der Waals surface area (Å²) in [6, 6.07) is 5.31. The number of carbonyl (C=O) groups is 1. The van der Waals surface area contributed by atoms with E-state index in [0.29, 0.717) is 18.6 Å². The highest BCUT2D eigenvalue weighted by atomic mass is 19.4. The van der Waals surface area contributed by atoms with Crippen molar-refractivity contribution in [3.63, 3.8) is 0 Å². The second-order valence-corrected chi connectivity index (χ2v) is 3.96. The lowest BCUT2D eigenvalue weighted by Crippen LogP contribution is -2.25. The number of benzene rings is 1. The molecular weight excluding hydrogens is 249 g/mol. The van der Waals surface area contributed by atoms with E-state index in [9.17, 15) is 18.0 Å². The fraction of sp³-hybridized carbons (Fsp3) is 0.417. The van der Waals surface area contributed by atoms with E-state index >= 15 is 0 Å². The summed E-state index contributed by atoms with van der Waals surface area (Å²) in [6.07, 6.45) is -4.36. The van der Waals surface area contributed by atoms with Crippen molar-refractivity contribution in [3.8, 4) is 5.75 Å². The minimum Gasteiger partial charge on any atom is -0.406 e. The fourth-order valence-corrected chi connectivity index (χ4v) is 1.83. The molecular formula is C12H11F3O3. The Hall–Kier alpha value is -1.56. The number of hydrogen-bond donors (Lipinski definition) is 0. The summed E-state index contributed by atoms with van der Waals surface area (Å²) in [5.74, 6) is -0.639. The Balaban J connectivity index is 2.09. The number of halogens is 3. The van der Waals surface area contributed by atoms with Crippen molar-refractivity contribution in [1.29, 1.82) is 0 Å². The molecule has 0 bridgehead atoms. The van der Waals surface area contributed by atoms with Gasteiger partial charge in [-0.15, -0.1) is 13.2 Å². The van der Waals surface area contributed by atoms with Gasteiger partial charge >= 0.3 is 6.36 Å². The molecule has 1 aromatic rings. The lowest BCUT2D eigenvalue weighted by atomic mass is 9.92. The van der Waals surface area contributed by atoms with Crippen molar-refractivity contribution in [2.24, 2.45) is 0 Å². The van der Waals surface area contributed by atoms with E-state index in [2.05, 4.69) is 4.74 Å². The second kappa shape index (κ2) is 4.97. The average Bonchev–Trinajstić information content (AvgIpc) is 2.29. The van der Waals surface area contributed by atoms with Crippen LogP contribution in [0, 0.1) is 0 Å². The third-order valence-corrected chi connectivity index (χ3v) is 2.68. The number of alkyl halides is 3. The van der Waals surface area contributed by atoms with Crippen LogP contribution >= 0.6 is 0 Å². The van der Waals surface area contributed by atoms with E-state index in [1.54, 1.807) is 0 Å². The third-order valence-electron chi connectivity index (χ3n) is 2.68. The van der Waals surface area contributed by atoms with Crippen molar-refractivity contribution in [1.82, 2.24) is 0 Å². The van der Waals surface area contributed by atoms with Gasteiger partial charge in [-0.3, -0.25) is 4.79 Å². The Kier molecular flexibility index (Phi) is 3.56. The van der Waals surface area contributed by atoms with Crippen LogP contribution in [-0.2, 0) is 9.53 Å². The van der Waals surface area contributed by atoms with Crippen LogP contribution < -0.4 is 4.74 Å². The van der Waals surface area contributed by atoms with E-state index in [1.807, 2.05) is 0 Å². The number of carbonyl (C=O) groups excluding carboxylic acids is 1. The Labute approximate surface area is 102 Å². The van der Waals surface area contributed by atoms with Gasteiger partial charge in [0.1, 0.15) is 11.5 Å². The average molecular weight is 260 g/mol. The number of rotatable bonds is 2. The first-order valence-corrected chi connectivity index (χ1v) is 5.42. The maximum atomic E-state index is 12.0. The smallest absolute Gasteiger partial charge is 0.406 e. The largest absolute Gasteiger partial charge is 0.573 e. The predicted octanol–water partition coefficient (Wildman–Crippen LogP) is 2.66. The molecule has 2 rings (SSSR count). The lowest BCUT2D eigenvalue weighted by Gasteiger charge is -2.21. The Morgan fingerprint density at radius 3 is 2.44 bits per heavy atom. The SMILES string of the molecule is O=C1CCOCC1c1ccc(OC(F)(F)F)cc1. The zero-order chi connectivity index (χ0) is 13.2. The van der Waals surface area contributed by atoms with Gasteiger partial charge in [0, 0.05) is 6.42 Å². The maximum absolute atomic E-state index is 12.0. The monoisotopic (exact) mass is 260 g/mol. The Morgan fingerprint density at radius 1 is 1.22 bits per heavy atom.